The van der Waals surface area contributed by atoms with Crippen molar-refractivity contribution in [3.63, 3.8) is 0 Å². The van der Waals surface area contributed by atoms with Crippen LogP contribution in [0.4, 0.5) is 0 Å². The molecule has 6 atom stereocenters. The first-order valence-corrected chi connectivity index (χ1v) is 13.2. The van der Waals surface area contributed by atoms with Crippen molar-refractivity contribution in [2.45, 2.75) is 76.8 Å². The zero-order valence-electron chi connectivity index (χ0n) is 17.3. The van der Waals surface area contributed by atoms with Gasteiger partial charge in [0.2, 0.25) is 0 Å². The van der Waals surface area contributed by atoms with Crippen LogP contribution in [0.25, 0.3) is 0 Å². The predicted molar refractivity (Wildman–Crippen MR) is 113 cm³/mol. The average Bonchev–Trinajstić information content (AvgIpc) is 2.72. The molecule has 4 nitrogen and oxygen atoms in total. The summed E-state index contributed by atoms with van der Waals surface area (Å²) >= 11 is 0. The van der Waals surface area contributed by atoms with Crippen molar-refractivity contribution in [2.24, 2.45) is 23.7 Å². The van der Waals surface area contributed by atoms with Gasteiger partial charge in [-0.2, -0.15) is 0 Å². The first kappa shape index (κ1) is 20.8. The third kappa shape index (κ3) is 5.54. The Morgan fingerprint density at radius 1 is 0.885 bits per heavy atom. The molecule has 4 aliphatic rings. The lowest BCUT2D eigenvalue weighted by Crippen LogP contribution is -2.61. The number of piperidine rings is 2. The average molecular weight is 382 g/mol. The molecule has 4 fully saturated rings. The van der Waals surface area contributed by atoms with E-state index in [2.05, 4.69) is 22.5 Å². The highest BCUT2D eigenvalue weighted by molar-refractivity contribution is 6.51. The Hall–Kier alpha value is 0.0569. The van der Waals surface area contributed by atoms with Crippen LogP contribution in [0.3, 0.4) is 0 Å². The summed E-state index contributed by atoms with van der Waals surface area (Å²) in [5.74, 6) is 4.00. The first-order chi connectivity index (χ1) is 12.8. The molecule has 0 spiro atoms. The highest BCUT2D eigenvalue weighted by Gasteiger charge is 2.39. The van der Waals surface area contributed by atoms with Crippen LogP contribution in [0.15, 0.2) is 0 Å². The van der Waals surface area contributed by atoms with Gasteiger partial charge in [-0.15, -0.1) is 0 Å². The smallest absolute Gasteiger partial charge is 0.269 e. The highest BCUT2D eigenvalue weighted by Crippen LogP contribution is 2.37. The molecular weight excluding hydrogens is 338 g/mol. The van der Waals surface area contributed by atoms with E-state index in [9.17, 15) is 0 Å². The van der Waals surface area contributed by atoms with E-state index in [1.807, 2.05) is 7.11 Å². The van der Waals surface area contributed by atoms with E-state index in [0.717, 1.165) is 30.2 Å². The maximum absolute atomic E-state index is 5.74. The van der Waals surface area contributed by atoms with Gasteiger partial charge in [-0.05, 0) is 75.5 Å². The molecule has 2 aliphatic heterocycles. The molecule has 6 unspecified atom stereocenters. The molecule has 0 radical (unpaired) electrons. The Morgan fingerprint density at radius 3 is 2.31 bits per heavy atom. The van der Waals surface area contributed by atoms with E-state index in [4.69, 9.17) is 4.43 Å². The largest absolute Gasteiger partial charge is 0.408 e. The molecule has 152 valence electrons. The highest BCUT2D eigenvalue weighted by atomic mass is 28.3. The molecule has 2 heterocycles. The number of rotatable bonds is 4. The summed E-state index contributed by atoms with van der Waals surface area (Å²) in [7, 11) is 0.633. The number of fused-ring (bicyclic) bond motifs is 2. The van der Waals surface area contributed by atoms with Crippen LogP contribution in [0, 0.1) is 23.7 Å². The third-order valence-corrected chi connectivity index (χ3v) is 10.2. The molecule has 0 aromatic rings. The minimum atomic E-state index is -1.25. The van der Waals surface area contributed by atoms with Gasteiger partial charge in [0.05, 0.1) is 0 Å². The van der Waals surface area contributed by atoms with Crippen molar-refractivity contribution in [1.29, 1.82) is 0 Å². The summed E-state index contributed by atoms with van der Waals surface area (Å²) in [4.78, 5) is 3.59. The van der Waals surface area contributed by atoms with Crippen LogP contribution in [0.1, 0.15) is 71.1 Å². The maximum Gasteiger partial charge on any atom is 0.269 e. The van der Waals surface area contributed by atoms with E-state index < -0.39 is 9.20 Å². The molecule has 0 aromatic carbocycles. The zero-order valence-corrected chi connectivity index (χ0v) is 18.4. The van der Waals surface area contributed by atoms with Crippen LogP contribution < -0.4 is 15.6 Å². The summed E-state index contributed by atoms with van der Waals surface area (Å²) in [6.45, 7) is 7.01. The standard InChI is InChI=1S/C12H26N2OSi.C9H17N/c1-3-14-16(15-2)12-11-7-5-4-6-10(11)8-9-13-12;1-2-4-9-7-10-6-5-8(9)3-1/h10-14,16H,3-9H2,1-2H3;8-10H,1-7H2. The number of hydrogen-bond donors (Lipinski definition) is 3. The summed E-state index contributed by atoms with van der Waals surface area (Å²) in [6.07, 6.45) is 14.6. The normalized spacial score (nSPS) is 38.3. The van der Waals surface area contributed by atoms with Crippen molar-refractivity contribution in [3.8, 4) is 0 Å². The first-order valence-electron chi connectivity index (χ1n) is 11.5. The van der Waals surface area contributed by atoms with Crippen LogP contribution in [-0.2, 0) is 4.43 Å². The third-order valence-electron chi connectivity index (χ3n) is 7.47. The summed E-state index contributed by atoms with van der Waals surface area (Å²) in [5, 5.41) is 7.21. The maximum atomic E-state index is 5.74. The van der Waals surface area contributed by atoms with Gasteiger partial charge in [-0.1, -0.05) is 45.4 Å². The Bertz CT molecular complexity index is 369. The van der Waals surface area contributed by atoms with Crippen molar-refractivity contribution in [2.75, 3.05) is 33.3 Å². The Labute approximate surface area is 163 Å². The minimum Gasteiger partial charge on any atom is -0.408 e. The van der Waals surface area contributed by atoms with Gasteiger partial charge < -0.3 is 20.0 Å². The zero-order chi connectivity index (χ0) is 18.2. The van der Waals surface area contributed by atoms with Crippen LogP contribution in [0.2, 0.25) is 0 Å². The SMILES string of the molecule is C1CCC2CNCCC2C1.CCN[SiH](OC)C1NCCC2CCCCC21. The van der Waals surface area contributed by atoms with Gasteiger partial charge in [0.15, 0.2) is 0 Å². The molecule has 3 N–H and O–H groups in total. The van der Waals surface area contributed by atoms with E-state index in [-0.39, 0.29) is 0 Å². The molecule has 26 heavy (non-hydrogen) atoms. The van der Waals surface area contributed by atoms with Crippen LogP contribution in [-0.4, -0.2) is 48.2 Å². The number of nitrogens with one attached hydrogen (secondary N) is 3. The molecule has 2 aliphatic carbocycles. The van der Waals surface area contributed by atoms with Gasteiger partial charge in [0.1, 0.15) is 0 Å². The van der Waals surface area contributed by atoms with Crippen molar-refractivity contribution < 1.29 is 4.43 Å². The Kier molecular flexibility index (Phi) is 8.92. The van der Waals surface area contributed by atoms with Gasteiger partial charge in [-0.25, -0.2) is 0 Å². The molecule has 2 saturated heterocycles. The second kappa shape index (κ2) is 11.2. The second-order valence-electron chi connectivity index (χ2n) is 8.99. The van der Waals surface area contributed by atoms with E-state index >= 15 is 0 Å². The molecule has 0 bridgehead atoms. The lowest BCUT2D eigenvalue weighted by molar-refractivity contribution is 0.154. The fourth-order valence-electron chi connectivity index (χ4n) is 6.05. The lowest BCUT2D eigenvalue weighted by atomic mass is 9.75. The predicted octanol–water partition coefficient (Wildman–Crippen LogP) is 2.96. The summed E-state index contributed by atoms with van der Waals surface area (Å²) in [5.41, 5.74) is 0.656. The molecule has 5 heteroatoms. The van der Waals surface area contributed by atoms with E-state index in [1.165, 1.54) is 83.8 Å². The summed E-state index contributed by atoms with van der Waals surface area (Å²) < 4.78 is 5.74. The molecule has 4 rings (SSSR count). The topological polar surface area (TPSA) is 45.3 Å². The van der Waals surface area contributed by atoms with E-state index in [1.54, 1.807) is 0 Å². The van der Waals surface area contributed by atoms with Gasteiger partial charge in [-0.3, -0.25) is 0 Å². The fraction of sp³-hybridized carbons (Fsp3) is 1.00. The monoisotopic (exact) mass is 381 g/mol. The minimum absolute atomic E-state index is 0.656. The van der Waals surface area contributed by atoms with Crippen molar-refractivity contribution >= 4 is 9.20 Å². The number of hydrogen-bond acceptors (Lipinski definition) is 4. The molecule has 0 amide bonds. The summed E-state index contributed by atoms with van der Waals surface area (Å²) in [6, 6.07) is 0. The fourth-order valence-corrected chi connectivity index (χ4v) is 8.50. The Balaban J connectivity index is 0.000000167. The van der Waals surface area contributed by atoms with Gasteiger partial charge in [0.25, 0.3) is 9.20 Å². The second-order valence-corrected chi connectivity index (χ2v) is 11.4. The van der Waals surface area contributed by atoms with Crippen molar-refractivity contribution in [1.82, 2.24) is 15.6 Å². The quantitative estimate of drug-likeness (QED) is 0.655. The molecule has 2 saturated carbocycles. The van der Waals surface area contributed by atoms with Crippen LogP contribution >= 0.6 is 0 Å². The molecule has 0 aromatic heterocycles. The lowest BCUT2D eigenvalue weighted by Gasteiger charge is -2.44. The van der Waals surface area contributed by atoms with Gasteiger partial charge >= 0.3 is 0 Å². The van der Waals surface area contributed by atoms with Gasteiger partial charge in [0, 0.05) is 12.8 Å². The Morgan fingerprint density at radius 2 is 1.58 bits per heavy atom. The molecular formula is C21H43N3OSi. The van der Waals surface area contributed by atoms with Crippen LogP contribution in [0.5, 0.6) is 0 Å². The van der Waals surface area contributed by atoms with E-state index in [0.29, 0.717) is 5.67 Å². The van der Waals surface area contributed by atoms with Crippen molar-refractivity contribution in [3.05, 3.63) is 0 Å².